The summed E-state index contributed by atoms with van der Waals surface area (Å²) >= 11 is 0. The molecule has 0 atom stereocenters. The van der Waals surface area contributed by atoms with Crippen molar-refractivity contribution in [3.8, 4) is 11.5 Å². The third-order valence-corrected chi connectivity index (χ3v) is 3.40. The van der Waals surface area contributed by atoms with Gasteiger partial charge in [0.2, 0.25) is 5.89 Å². The Morgan fingerprint density at radius 3 is 2.79 bits per heavy atom. The van der Waals surface area contributed by atoms with Crippen LogP contribution in [0.25, 0.3) is 0 Å². The van der Waals surface area contributed by atoms with E-state index in [1.165, 1.54) is 0 Å². The number of hydrogen-bond acceptors (Lipinski definition) is 7. The first-order valence-corrected chi connectivity index (χ1v) is 7.34. The maximum Gasteiger partial charge on any atom is 0.290 e. The minimum atomic E-state index is -0.347. The summed E-state index contributed by atoms with van der Waals surface area (Å²) in [7, 11) is 0. The number of nitrogens with zero attached hydrogens (tertiary/aromatic N) is 2. The molecule has 0 unspecified atom stereocenters. The first-order valence-electron chi connectivity index (χ1n) is 7.34. The number of carbonyl (C=O) groups is 2. The van der Waals surface area contributed by atoms with Crippen molar-refractivity contribution in [1.82, 2.24) is 10.1 Å². The van der Waals surface area contributed by atoms with Crippen molar-refractivity contribution in [3.05, 3.63) is 29.7 Å². The molecule has 9 nitrogen and oxygen atoms in total. The van der Waals surface area contributed by atoms with Crippen LogP contribution in [0.15, 0.2) is 22.7 Å². The summed E-state index contributed by atoms with van der Waals surface area (Å²) in [5.41, 5.74) is 0.393. The van der Waals surface area contributed by atoms with Crippen molar-refractivity contribution < 1.29 is 28.7 Å². The number of para-hydroxylation sites is 1. The molecule has 1 aliphatic heterocycles. The Hall–Kier alpha value is -3.10. The number of benzene rings is 1. The monoisotopic (exact) mass is 333 g/mol. The Balaban J connectivity index is 0.000000526. The summed E-state index contributed by atoms with van der Waals surface area (Å²) in [5, 5.41) is 13.3. The summed E-state index contributed by atoms with van der Waals surface area (Å²) in [5.74, 6) is 1.79. The average Bonchev–Trinajstić information content (AvgIpc) is 3.35. The zero-order chi connectivity index (χ0) is 16.9. The van der Waals surface area contributed by atoms with Gasteiger partial charge in [0.15, 0.2) is 11.5 Å². The predicted octanol–water partition coefficient (Wildman–Crippen LogP) is 1.67. The highest BCUT2D eigenvalue weighted by Crippen LogP contribution is 2.39. The Labute approximate surface area is 136 Å². The average molecular weight is 333 g/mol. The number of rotatable bonds is 3. The van der Waals surface area contributed by atoms with E-state index in [2.05, 4.69) is 15.5 Å². The minimum absolute atomic E-state index is 0.177. The summed E-state index contributed by atoms with van der Waals surface area (Å²) in [4.78, 5) is 24.8. The topological polar surface area (TPSA) is 124 Å². The van der Waals surface area contributed by atoms with E-state index >= 15 is 0 Å². The smallest absolute Gasteiger partial charge is 0.290 e. The molecule has 126 valence electrons. The molecule has 0 radical (unpaired) electrons. The fourth-order valence-corrected chi connectivity index (χ4v) is 2.20. The van der Waals surface area contributed by atoms with E-state index in [4.69, 9.17) is 23.9 Å². The molecule has 0 bridgehead atoms. The van der Waals surface area contributed by atoms with Crippen LogP contribution in [0.3, 0.4) is 0 Å². The molecular weight excluding hydrogens is 318 g/mol. The van der Waals surface area contributed by atoms with Crippen LogP contribution >= 0.6 is 0 Å². The number of carboxylic acid groups (broad SMARTS) is 1. The third-order valence-electron chi connectivity index (χ3n) is 3.40. The van der Waals surface area contributed by atoms with Crippen LogP contribution in [0, 0.1) is 0 Å². The molecular formula is C15H15N3O6. The summed E-state index contributed by atoms with van der Waals surface area (Å²) in [6.45, 7) is 0.652. The molecule has 2 aliphatic rings. The quantitative estimate of drug-likeness (QED) is 0.813. The van der Waals surface area contributed by atoms with E-state index in [0.29, 0.717) is 42.1 Å². The maximum absolute atomic E-state index is 12.3. The summed E-state index contributed by atoms with van der Waals surface area (Å²) < 4.78 is 16.1. The van der Waals surface area contributed by atoms with Crippen molar-refractivity contribution in [1.29, 1.82) is 0 Å². The highest BCUT2D eigenvalue weighted by molar-refractivity contribution is 6.05. The van der Waals surface area contributed by atoms with Crippen LogP contribution in [-0.4, -0.2) is 40.8 Å². The molecule has 1 amide bonds. The number of nitrogens with one attached hydrogen (secondary N) is 1. The molecule has 4 rings (SSSR count). The zero-order valence-electron chi connectivity index (χ0n) is 12.6. The number of hydrogen-bond donors (Lipinski definition) is 2. The van der Waals surface area contributed by atoms with Gasteiger partial charge in [-0.25, -0.2) is 0 Å². The van der Waals surface area contributed by atoms with Crippen LogP contribution in [0.1, 0.15) is 35.0 Å². The van der Waals surface area contributed by atoms with E-state index in [0.717, 1.165) is 12.8 Å². The van der Waals surface area contributed by atoms with Crippen molar-refractivity contribution in [2.75, 3.05) is 18.5 Å². The fraction of sp³-hybridized carbons (Fsp3) is 0.333. The van der Waals surface area contributed by atoms with Crippen molar-refractivity contribution >= 4 is 18.3 Å². The molecule has 1 saturated carbocycles. The van der Waals surface area contributed by atoms with Gasteiger partial charge in [0.25, 0.3) is 18.3 Å². The lowest BCUT2D eigenvalue weighted by Gasteiger charge is -2.20. The predicted molar refractivity (Wildman–Crippen MR) is 80.4 cm³/mol. The normalized spacial score (nSPS) is 15.0. The van der Waals surface area contributed by atoms with Gasteiger partial charge in [-0.2, -0.15) is 4.98 Å². The Kier molecular flexibility index (Phi) is 4.59. The largest absolute Gasteiger partial charge is 0.486 e. The van der Waals surface area contributed by atoms with Crippen LogP contribution < -0.4 is 14.8 Å². The van der Waals surface area contributed by atoms with Gasteiger partial charge in [-0.3, -0.25) is 14.9 Å². The molecule has 0 saturated heterocycles. The van der Waals surface area contributed by atoms with Crippen molar-refractivity contribution in [2.45, 2.75) is 18.8 Å². The van der Waals surface area contributed by atoms with Crippen LogP contribution in [0.5, 0.6) is 11.5 Å². The summed E-state index contributed by atoms with van der Waals surface area (Å²) in [6.07, 6.45) is 2.12. The summed E-state index contributed by atoms with van der Waals surface area (Å²) in [6, 6.07) is 5.18. The number of aromatic nitrogens is 2. The fourth-order valence-electron chi connectivity index (χ4n) is 2.20. The molecule has 24 heavy (non-hydrogen) atoms. The van der Waals surface area contributed by atoms with E-state index < -0.39 is 0 Å². The van der Waals surface area contributed by atoms with Gasteiger partial charge in [-0.15, -0.1) is 0 Å². The molecule has 1 aromatic carbocycles. The van der Waals surface area contributed by atoms with Crippen LogP contribution in [-0.2, 0) is 4.79 Å². The first kappa shape index (κ1) is 15.8. The van der Waals surface area contributed by atoms with Gasteiger partial charge in [0, 0.05) is 5.92 Å². The number of amides is 1. The number of ether oxygens (including phenoxy) is 2. The lowest BCUT2D eigenvalue weighted by Crippen LogP contribution is -2.20. The number of anilines is 1. The lowest BCUT2D eigenvalue weighted by atomic mass is 10.1. The van der Waals surface area contributed by atoms with Gasteiger partial charge in [0.1, 0.15) is 13.2 Å². The van der Waals surface area contributed by atoms with E-state index in [9.17, 15) is 4.79 Å². The van der Waals surface area contributed by atoms with E-state index in [-0.39, 0.29) is 18.3 Å². The highest BCUT2D eigenvalue weighted by Gasteiger charge is 2.30. The third kappa shape index (κ3) is 3.45. The Morgan fingerprint density at radius 2 is 2.04 bits per heavy atom. The van der Waals surface area contributed by atoms with Crippen LogP contribution in [0.4, 0.5) is 5.95 Å². The molecule has 1 aliphatic carbocycles. The van der Waals surface area contributed by atoms with Gasteiger partial charge in [-0.05, 0) is 30.1 Å². The maximum atomic E-state index is 12.3. The second kappa shape index (κ2) is 6.99. The van der Waals surface area contributed by atoms with Crippen molar-refractivity contribution in [2.24, 2.45) is 0 Å². The number of fused-ring (bicyclic) bond motifs is 1. The molecule has 1 fully saturated rings. The van der Waals surface area contributed by atoms with Gasteiger partial charge >= 0.3 is 0 Å². The first-order chi connectivity index (χ1) is 11.7. The second-order valence-electron chi connectivity index (χ2n) is 5.12. The molecule has 1 aromatic heterocycles. The Bertz CT molecular complexity index is 741. The van der Waals surface area contributed by atoms with E-state index in [1.54, 1.807) is 18.2 Å². The van der Waals surface area contributed by atoms with E-state index in [1.807, 2.05) is 0 Å². The van der Waals surface area contributed by atoms with Gasteiger partial charge in [-0.1, -0.05) is 6.07 Å². The minimum Gasteiger partial charge on any atom is -0.486 e. The lowest BCUT2D eigenvalue weighted by molar-refractivity contribution is -0.122. The number of carbonyl (C=O) groups excluding carboxylic acids is 1. The zero-order valence-corrected chi connectivity index (χ0v) is 12.6. The van der Waals surface area contributed by atoms with Gasteiger partial charge in [0.05, 0.1) is 5.56 Å². The van der Waals surface area contributed by atoms with Gasteiger partial charge < -0.3 is 19.1 Å². The molecule has 2 heterocycles. The standard InChI is InChI=1S/C14H13N3O4.CH2O2/c18-12(15-14-16-13(21-17-14)8-4-5-8)9-2-1-3-10-11(9)20-7-6-19-10;2-1-3/h1-3,8H,4-7H2,(H,15,17,18);1H,(H,2,3). The Morgan fingerprint density at radius 1 is 1.29 bits per heavy atom. The highest BCUT2D eigenvalue weighted by atomic mass is 16.6. The van der Waals surface area contributed by atoms with Crippen LogP contribution in [0.2, 0.25) is 0 Å². The second-order valence-corrected chi connectivity index (χ2v) is 5.12. The molecule has 0 spiro atoms. The molecule has 2 aromatic rings. The van der Waals surface area contributed by atoms with Crippen molar-refractivity contribution in [3.63, 3.8) is 0 Å². The molecule has 2 N–H and O–H groups in total. The SMILES string of the molecule is O=C(Nc1noc(C2CC2)n1)c1cccc2c1OCCO2.O=CO. The molecule has 9 heteroatoms.